The van der Waals surface area contributed by atoms with Crippen molar-refractivity contribution < 1.29 is 9.00 Å². The van der Waals surface area contributed by atoms with E-state index in [0.717, 1.165) is 9.21 Å². The number of thiophene rings is 1. The van der Waals surface area contributed by atoms with Gasteiger partial charge in [-0.2, -0.15) is 0 Å². The van der Waals surface area contributed by atoms with Gasteiger partial charge in [-0.1, -0.05) is 11.6 Å². The Hall–Kier alpha value is -0.390. The van der Waals surface area contributed by atoms with Gasteiger partial charge < -0.3 is 4.90 Å². The van der Waals surface area contributed by atoms with Crippen molar-refractivity contribution in [2.75, 3.05) is 19.8 Å². The van der Waals surface area contributed by atoms with Crippen molar-refractivity contribution in [1.29, 1.82) is 0 Å². The summed E-state index contributed by atoms with van der Waals surface area (Å²) in [5.74, 6) is 1.18. The molecule has 0 saturated heterocycles. The number of rotatable bonds is 6. The summed E-state index contributed by atoms with van der Waals surface area (Å²) < 4.78 is 12.4. The molecule has 1 aromatic rings. The molecular weight excluding hydrogens is 278 g/mol. The van der Waals surface area contributed by atoms with Crippen LogP contribution in [0.5, 0.6) is 0 Å². The summed E-state index contributed by atoms with van der Waals surface area (Å²) in [5, 5.41) is 0. The zero-order valence-electron chi connectivity index (χ0n) is 9.94. The Labute approximate surface area is 113 Å². The molecule has 0 saturated carbocycles. The minimum atomic E-state index is -0.906. The van der Waals surface area contributed by atoms with Gasteiger partial charge in [0.15, 0.2) is 0 Å². The Kier molecular flexibility index (Phi) is 6.16. The van der Waals surface area contributed by atoms with Crippen LogP contribution in [-0.4, -0.2) is 34.9 Å². The lowest BCUT2D eigenvalue weighted by atomic mass is 10.3. The molecule has 0 fully saturated rings. The van der Waals surface area contributed by atoms with Crippen LogP contribution in [0.3, 0.4) is 0 Å². The Bertz CT molecular complexity index is 404. The van der Waals surface area contributed by atoms with Crippen molar-refractivity contribution in [1.82, 2.24) is 4.90 Å². The van der Waals surface area contributed by atoms with Crippen molar-refractivity contribution in [2.24, 2.45) is 0 Å². The minimum absolute atomic E-state index is 0.0844. The molecule has 1 heterocycles. The third kappa shape index (κ3) is 5.66. The maximum Gasteiger partial charge on any atom is 0.222 e. The van der Waals surface area contributed by atoms with Crippen molar-refractivity contribution >= 4 is 39.6 Å². The fraction of sp³-hybridized carbons (Fsp3) is 0.545. The van der Waals surface area contributed by atoms with E-state index in [4.69, 9.17) is 11.6 Å². The molecule has 1 amide bonds. The molecule has 96 valence electrons. The summed E-state index contributed by atoms with van der Waals surface area (Å²) in [4.78, 5) is 13.9. The third-order valence-electron chi connectivity index (χ3n) is 2.19. The van der Waals surface area contributed by atoms with Gasteiger partial charge in [-0.3, -0.25) is 9.00 Å². The molecule has 1 rings (SSSR count). The van der Waals surface area contributed by atoms with Gasteiger partial charge in [-0.05, 0) is 18.6 Å². The number of halogens is 1. The number of amides is 1. The summed E-state index contributed by atoms with van der Waals surface area (Å²) in [6, 6.07) is 3.71. The first kappa shape index (κ1) is 14.7. The SMILES string of the molecule is CN(C)C(=O)CCCS(=O)Cc1ccc(Cl)s1. The van der Waals surface area contributed by atoms with Crippen LogP contribution in [0, 0.1) is 0 Å². The van der Waals surface area contributed by atoms with E-state index in [1.807, 2.05) is 12.1 Å². The summed E-state index contributed by atoms with van der Waals surface area (Å²) in [5.41, 5.74) is 0. The third-order valence-corrected chi connectivity index (χ3v) is 4.98. The predicted molar refractivity (Wildman–Crippen MR) is 74.0 cm³/mol. The minimum Gasteiger partial charge on any atom is -0.349 e. The van der Waals surface area contributed by atoms with Crippen LogP contribution in [0.4, 0.5) is 0 Å². The van der Waals surface area contributed by atoms with Gasteiger partial charge in [0, 0.05) is 41.9 Å². The second kappa shape index (κ2) is 7.13. The Morgan fingerprint density at radius 1 is 1.47 bits per heavy atom. The maximum atomic E-state index is 11.7. The number of hydrogen-bond donors (Lipinski definition) is 0. The van der Waals surface area contributed by atoms with Crippen molar-refractivity contribution in [3.8, 4) is 0 Å². The second-order valence-corrected chi connectivity index (χ2v) is 7.26. The number of hydrogen-bond acceptors (Lipinski definition) is 3. The first-order valence-corrected chi connectivity index (χ1v) is 7.96. The molecule has 0 aliphatic carbocycles. The monoisotopic (exact) mass is 293 g/mol. The molecule has 6 heteroatoms. The van der Waals surface area contributed by atoms with E-state index in [-0.39, 0.29) is 5.91 Å². The van der Waals surface area contributed by atoms with Crippen LogP contribution in [0.2, 0.25) is 4.34 Å². The molecule has 0 aliphatic heterocycles. The molecule has 0 N–H and O–H groups in total. The Morgan fingerprint density at radius 2 is 2.18 bits per heavy atom. The quantitative estimate of drug-likeness (QED) is 0.808. The molecule has 3 nitrogen and oxygen atoms in total. The molecule has 1 aromatic heterocycles. The number of nitrogens with zero attached hydrogens (tertiary/aromatic N) is 1. The zero-order valence-corrected chi connectivity index (χ0v) is 12.3. The highest BCUT2D eigenvalue weighted by Crippen LogP contribution is 2.22. The molecule has 0 aromatic carbocycles. The van der Waals surface area contributed by atoms with Crippen LogP contribution in [0.15, 0.2) is 12.1 Å². The van der Waals surface area contributed by atoms with Crippen LogP contribution >= 0.6 is 22.9 Å². The highest BCUT2D eigenvalue weighted by molar-refractivity contribution is 7.84. The van der Waals surface area contributed by atoms with Gasteiger partial charge in [0.1, 0.15) is 0 Å². The topological polar surface area (TPSA) is 37.4 Å². The zero-order chi connectivity index (χ0) is 12.8. The molecule has 0 radical (unpaired) electrons. The van der Waals surface area contributed by atoms with Crippen molar-refractivity contribution in [3.63, 3.8) is 0 Å². The number of carbonyl (C=O) groups excluding carboxylic acids is 1. The molecule has 1 atom stereocenters. The van der Waals surface area contributed by atoms with Gasteiger partial charge in [0.25, 0.3) is 0 Å². The van der Waals surface area contributed by atoms with Crippen LogP contribution in [0.25, 0.3) is 0 Å². The van der Waals surface area contributed by atoms with E-state index in [1.54, 1.807) is 19.0 Å². The first-order valence-electron chi connectivity index (χ1n) is 5.28. The standard InChI is InChI=1S/C11H16ClNO2S2/c1-13(2)11(14)4-3-7-17(15)8-9-5-6-10(12)16-9/h5-6H,3-4,7-8H2,1-2H3. The summed E-state index contributed by atoms with van der Waals surface area (Å²) in [6.45, 7) is 0. The fourth-order valence-electron chi connectivity index (χ4n) is 1.27. The summed E-state index contributed by atoms with van der Waals surface area (Å²) in [7, 11) is 2.55. The lowest BCUT2D eigenvalue weighted by molar-refractivity contribution is -0.128. The molecule has 17 heavy (non-hydrogen) atoms. The Balaban J connectivity index is 2.24. The lowest BCUT2D eigenvalue weighted by Gasteiger charge is -2.09. The van der Waals surface area contributed by atoms with E-state index >= 15 is 0 Å². The van der Waals surface area contributed by atoms with Crippen LogP contribution in [-0.2, 0) is 21.3 Å². The van der Waals surface area contributed by atoms with Gasteiger partial charge in [0.2, 0.25) is 5.91 Å². The molecular formula is C11H16ClNO2S2. The van der Waals surface area contributed by atoms with E-state index < -0.39 is 10.8 Å². The molecule has 0 aliphatic rings. The van der Waals surface area contributed by atoms with E-state index in [0.29, 0.717) is 24.3 Å². The van der Waals surface area contributed by atoms with Gasteiger partial charge >= 0.3 is 0 Å². The predicted octanol–water partition coefficient (Wildman–Crippen LogP) is 2.52. The second-order valence-electron chi connectivity index (χ2n) is 3.89. The van der Waals surface area contributed by atoms with Crippen LogP contribution < -0.4 is 0 Å². The smallest absolute Gasteiger partial charge is 0.222 e. The van der Waals surface area contributed by atoms with Crippen molar-refractivity contribution in [3.05, 3.63) is 21.3 Å². The highest BCUT2D eigenvalue weighted by atomic mass is 35.5. The van der Waals surface area contributed by atoms with E-state index in [2.05, 4.69) is 0 Å². The van der Waals surface area contributed by atoms with Gasteiger partial charge in [-0.25, -0.2) is 0 Å². The van der Waals surface area contributed by atoms with Gasteiger partial charge in [-0.15, -0.1) is 11.3 Å². The van der Waals surface area contributed by atoms with Crippen molar-refractivity contribution in [2.45, 2.75) is 18.6 Å². The van der Waals surface area contributed by atoms with E-state index in [1.165, 1.54) is 11.3 Å². The van der Waals surface area contributed by atoms with Gasteiger partial charge in [0.05, 0.1) is 10.1 Å². The average Bonchev–Trinajstić information content (AvgIpc) is 2.63. The highest BCUT2D eigenvalue weighted by Gasteiger charge is 2.07. The molecule has 0 bridgehead atoms. The number of carbonyl (C=O) groups is 1. The summed E-state index contributed by atoms with van der Waals surface area (Å²) >= 11 is 7.25. The average molecular weight is 294 g/mol. The Morgan fingerprint density at radius 3 is 2.71 bits per heavy atom. The maximum absolute atomic E-state index is 11.7. The molecule has 0 spiro atoms. The lowest BCUT2D eigenvalue weighted by Crippen LogP contribution is -2.21. The fourth-order valence-corrected chi connectivity index (χ4v) is 3.81. The molecule has 1 unspecified atom stereocenters. The normalized spacial score (nSPS) is 12.4. The first-order chi connectivity index (χ1) is 7.99. The largest absolute Gasteiger partial charge is 0.349 e. The van der Waals surface area contributed by atoms with E-state index in [9.17, 15) is 9.00 Å². The summed E-state index contributed by atoms with van der Waals surface area (Å²) in [6.07, 6.45) is 1.13. The van der Waals surface area contributed by atoms with Crippen LogP contribution in [0.1, 0.15) is 17.7 Å².